The third kappa shape index (κ3) is 4.05. The summed E-state index contributed by atoms with van der Waals surface area (Å²) in [6.07, 6.45) is -4.61. The molecule has 0 saturated carbocycles. The van der Waals surface area contributed by atoms with Crippen LogP contribution in [0.25, 0.3) is 0 Å². The number of benzene rings is 1. The third-order valence-corrected chi connectivity index (χ3v) is 4.78. The summed E-state index contributed by atoms with van der Waals surface area (Å²) in [5, 5.41) is 15.2. The normalized spacial score (nSPS) is 16.0. The second kappa shape index (κ2) is 7.18. The van der Waals surface area contributed by atoms with Crippen molar-refractivity contribution in [2.45, 2.75) is 26.6 Å². The lowest BCUT2D eigenvalue weighted by Crippen LogP contribution is -2.46. The minimum absolute atomic E-state index is 0.213. The fourth-order valence-electron chi connectivity index (χ4n) is 3.21. The van der Waals surface area contributed by atoms with Crippen molar-refractivity contribution in [1.29, 1.82) is 0 Å². The molecule has 0 unspecified atom stereocenters. The van der Waals surface area contributed by atoms with Gasteiger partial charge in [0.1, 0.15) is 11.4 Å². The lowest BCUT2D eigenvalue weighted by Gasteiger charge is -2.35. The summed E-state index contributed by atoms with van der Waals surface area (Å²) in [4.78, 5) is 14.4. The van der Waals surface area contributed by atoms with E-state index in [1.165, 1.54) is 6.07 Å². The number of alkyl halides is 3. The van der Waals surface area contributed by atoms with Crippen molar-refractivity contribution in [1.82, 2.24) is 10.1 Å². The minimum Gasteiger partial charge on any atom is -0.363 e. The van der Waals surface area contributed by atoms with Crippen molar-refractivity contribution in [3.8, 4) is 0 Å². The van der Waals surface area contributed by atoms with Crippen LogP contribution in [0.3, 0.4) is 0 Å². The van der Waals surface area contributed by atoms with E-state index >= 15 is 0 Å². The summed E-state index contributed by atoms with van der Waals surface area (Å²) in [6.45, 7) is 6.59. The lowest BCUT2D eigenvalue weighted by molar-refractivity contribution is -0.384. The van der Waals surface area contributed by atoms with E-state index < -0.39 is 22.4 Å². The molecule has 7 nitrogen and oxygen atoms in total. The Hall–Kier alpha value is -2.62. The fraction of sp³-hybridized carbons (Fsp3) is 0.471. The molecular weight excluding hydrogens is 365 g/mol. The Morgan fingerprint density at radius 2 is 1.89 bits per heavy atom. The Morgan fingerprint density at radius 3 is 2.41 bits per heavy atom. The molecule has 0 radical (unpaired) electrons. The van der Waals surface area contributed by atoms with Gasteiger partial charge < -0.3 is 9.42 Å². The van der Waals surface area contributed by atoms with Gasteiger partial charge in [-0.1, -0.05) is 5.16 Å². The maximum absolute atomic E-state index is 12.8. The standard InChI is InChI=1S/C17H19F3N4O3/c1-11-14(12(2)27-21-11)10-22-5-7-23(8-6-22)15-4-3-13(17(18,19)20)9-16(15)24(25)26/h3-4,9H,5-8,10H2,1-2H3. The quantitative estimate of drug-likeness (QED) is 0.593. The van der Waals surface area contributed by atoms with Gasteiger partial charge in [0.25, 0.3) is 5.69 Å². The number of nitrogens with zero attached hydrogens (tertiary/aromatic N) is 4. The van der Waals surface area contributed by atoms with Crippen LogP contribution >= 0.6 is 0 Å². The van der Waals surface area contributed by atoms with Gasteiger partial charge in [0.2, 0.25) is 0 Å². The largest absolute Gasteiger partial charge is 0.416 e. The van der Waals surface area contributed by atoms with E-state index in [-0.39, 0.29) is 5.69 Å². The average Bonchev–Trinajstić information content (AvgIpc) is 2.93. The van der Waals surface area contributed by atoms with Crippen molar-refractivity contribution >= 4 is 11.4 Å². The SMILES string of the molecule is Cc1noc(C)c1CN1CCN(c2ccc(C(F)(F)F)cc2[N+](=O)[O-])CC1. The van der Waals surface area contributed by atoms with E-state index in [1.807, 2.05) is 13.8 Å². The van der Waals surface area contributed by atoms with Crippen LogP contribution in [0, 0.1) is 24.0 Å². The minimum atomic E-state index is -4.61. The molecule has 27 heavy (non-hydrogen) atoms. The van der Waals surface area contributed by atoms with E-state index in [0.29, 0.717) is 38.8 Å². The Labute approximate surface area is 153 Å². The van der Waals surface area contributed by atoms with Crippen LogP contribution in [0.2, 0.25) is 0 Å². The first-order valence-corrected chi connectivity index (χ1v) is 8.41. The highest BCUT2D eigenvalue weighted by atomic mass is 19.4. The summed E-state index contributed by atoms with van der Waals surface area (Å²) < 4.78 is 43.7. The van der Waals surface area contributed by atoms with Gasteiger partial charge in [-0.25, -0.2) is 0 Å². The molecule has 1 aliphatic rings. The first-order chi connectivity index (χ1) is 12.7. The lowest BCUT2D eigenvalue weighted by atomic mass is 10.1. The summed E-state index contributed by atoms with van der Waals surface area (Å²) in [6, 6.07) is 2.68. The Morgan fingerprint density at radius 1 is 1.22 bits per heavy atom. The molecule has 1 aliphatic heterocycles. The van der Waals surface area contributed by atoms with Crippen molar-refractivity contribution in [2.24, 2.45) is 0 Å². The third-order valence-electron chi connectivity index (χ3n) is 4.78. The van der Waals surface area contributed by atoms with E-state index in [0.717, 1.165) is 23.1 Å². The van der Waals surface area contributed by atoms with Gasteiger partial charge >= 0.3 is 6.18 Å². The zero-order valence-electron chi connectivity index (χ0n) is 14.9. The molecule has 0 amide bonds. The zero-order valence-corrected chi connectivity index (χ0v) is 14.9. The predicted octanol–water partition coefficient (Wildman–Crippen LogP) is 3.54. The van der Waals surface area contributed by atoms with Crippen molar-refractivity contribution in [3.05, 3.63) is 50.9 Å². The van der Waals surface area contributed by atoms with Gasteiger partial charge in [-0.2, -0.15) is 13.2 Å². The summed E-state index contributed by atoms with van der Waals surface area (Å²) in [5.41, 5.74) is 0.515. The first kappa shape index (κ1) is 19.2. The number of hydrogen-bond acceptors (Lipinski definition) is 6. The van der Waals surface area contributed by atoms with Gasteiger partial charge in [0.05, 0.1) is 16.2 Å². The van der Waals surface area contributed by atoms with Crippen LogP contribution in [-0.4, -0.2) is 41.2 Å². The number of nitro benzene ring substituents is 1. The maximum atomic E-state index is 12.8. The summed E-state index contributed by atoms with van der Waals surface area (Å²) in [7, 11) is 0. The molecule has 1 aromatic heterocycles. The molecule has 0 N–H and O–H groups in total. The highest BCUT2D eigenvalue weighted by Crippen LogP contribution is 2.36. The molecule has 0 atom stereocenters. The number of piperazine rings is 1. The van der Waals surface area contributed by atoms with E-state index in [4.69, 9.17) is 4.52 Å². The van der Waals surface area contributed by atoms with Crippen LogP contribution < -0.4 is 4.90 Å². The molecule has 3 rings (SSSR count). The fourth-order valence-corrected chi connectivity index (χ4v) is 3.21. The van der Waals surface area contributed by atoms with Gasteiger partial charge in [-0.3, -0.25) is 15.0 Å². The number of aromatic nitrogens is 1. The second-order valence-electron chi connectivity index (χ2n) is 6.52. The number of rotatable bonds is 4. The van der Waals surface area contributed by atoms with Crippen LogP contribution in [0.4, 0.5) is 24.5 Å². The van der Waals surface area contributed by atoms with Crippen molar-refractivity contribution in [2.75, 3.05) is 31.1 Å². The summed E-state index contributed by atoms with van der Waals surface area (Å²) in [5.74, 6) is 0.758. The molecule has 2 aromatic rings. The molecule has 0 spiro atoms. The first-order valence-electron chi connectivity index (χ1n) is 8.41. The Balaban J connectivity index is 1.73. The van der Waals surface area contributed by atoms with Crippen LogP contribution in [-0.2, 0) is 12.7 Å². The summed E-state index contributed by atoms with van der Waals surface area (Å²) >= 11 is 0. The molecule has 1 fully saturated rings. The van der Waals surface area contributed by atoms with Crippen LogP contribution in [0.5, 0.6) is 0 Å². The van der Waals surface area contributed by atoms with Gasteiger partial charge in [0, 0.05) is 44.4 Å². The number of halogens is 3. The number of aryl methyl sites for hydroxylation is 2. The molecule has 0 bridgehead atoms. The average molecular weight is 384 g/mol. The molecule has 1 aromatic carbocycles. The van der Waals surface area contributed by atoms with E-state index in [2.05, 4.69) is 10.1 Å². The molecule has 2 heterocycles. The number of nitro groups is 1. The smallest absolute Gasteiger partial charge is 0.363 e. The van der Waals surface area contributed by atoms with Crippen LogP contribution in [0.15, 0.2) is 22.7 Å². The second-order valence-corrected chi connectivity index (χ2v) is 6.52. The molecule has 146 valence electrons. The van der Waals surface area contributed by atoms with E-state index in [1.54, 1.807) is 4.90 Å². The van der Waals surface area contributed by atoms with Gasteiger partial charge in [-0.15, -0.1) is 0 Å². The number of hydrogen-bond donors (Lipinski definition) is 0. The maximum Gasteiger partial charge on any atom is 0.416 e. The Bertz CT molecular complexity index is 823. The zero-order chi connectivity index (χ0) is 19.8. The van der Waals surface area contributed by atoms with Crippen molar-refractivity contribution in [3.63, 3.8) is 0 Å². The van der Waals surface area contributed by atoms with Gasteiger partial charge in [-0.05, 0) is 26.0 Å². The molecule has 1 saturated heterocycles. The highest BCUT2D eigenvalue weighted by Gasteiger charge is 2.34. The molecule has 10 heteroatoms. The van der Waals surface area contributed by atoms with Gasteiger partial charge in [0.15, 0.2) is 0 Å². The number of anilines is 1. The van der Waals surface area contributed by atoms with E-state index in [9.17, 15) is 23.3 Å². The molecular formula is C17H19F3N4O3. The highest BCUT2D eigenvalue weighted by molar-refractivity contribution is 5.65. The predicted molar refractivity (Wildman–Crippen MR) is 91.6 cm³/mol. The topological polar surface area (TPSA) is 75.7 Å². The molecule has 0 aliphatic carbocycles. The monoisotopic (exact) mass is 384 g/mol. The Kier molecular flexibility index (Phi) is 5.09. The van der Waals surface area contributed by atoms with Crippen LogP contribution in [0.1, 0.15) is 22.6 Å². The van der Waals surface area contributed by atoms with Crippen molar-refractivity contribution < 1.29 is 22.6 Å².